The van der Waals surface area contributed by atoms with Gasteiger partial charge in [0.05, 0.1) is 18.6 Å². The van der Waals surface area contributed by atoms with Gasteiger partial charge >= 0.3 is 12.0 Å². The van der Waals surface area contributed by atoms with E-state index in [2.05, 4.69) is 15.3 Å². The van der Waals surface area contributed by atoms with Crippen molar-refractivity contribution in [1.82, 2.24) is 5.43 Å². The number of primary amides is 1. The number of esters is 1. The van der Waals surface area contributed by atoms with E-state index in [-0.39, 0.29) is 5.97 Å². The van der Waals surface area contributed by atoms with Crippen LogP contribution in [0.5, 0.6) is 0 Å². The van der Waals surface area contributed by atoms with E-state index in [1.807, 2.05) is 30.3 Å². The fourth-order valence-electron chi connectivity index (χ4n) is 1.53. The smallest absolute Gasteiger partial charge is 0.332 e. The maximum atomic E-state index is 11.1. The molecular formula is C14H19N3O3S. The van der Waals surface area contributed by atoms with Crippen molar-refractivity contribution < 1.29 is 14.3 Å². The van der Waals surface area contributed by atoms with Crippen LogP contribution in [0.1, 0.15) is 18.4 Å². The van der Waals surface area contributed by atoms with Crippen LogP contribution in [0, 0.1) is 0 Å². The van der Waals surface area contributed by atoms with Crippen LogP contribution in [0.15, 0.2) is 35.4 Å². The van der Waals surface area contributed by atoms with Gasteiger partial charge in [-0.1, -0.05) is 30.3 Å². The Balaban J connectivity index is 2.49. The third-order valence-electron chi connectivity index (χ3n) is 2.56. The number of hydrogen-bond donors (Lipinski definition) is 2. The molecule has 0 bridgehead atoms. The SMILES string of the molecule is COC(=O)CCS/C(CCc1ccccc1)=N/NC(N)=O. The Labute approximate surface area is 128 Å². The highest BCUT2D eigenvalue weighted by Crippen LogP contribution is 2.13. The molecule has 1 rings (SSSR count). The van der Waals surface area contributed by atoms with Crippen molar-refractivity contribution in [3.63, 3.8) is 0 Å². The number of nitrogens with two attached hydrogens (primary N) is 1. The van der Waals surface area contributed by atoms with E-state index in [1.165, 1.54) is 24.4 Å². The van der Waals surface area contributed by atoms with Crippen molar-refractivity contribution in [3.8, 4) is 0 Å². The van der Waals surface area contributed by atoms with Crippen molar-refractivity contribution in [2.24, 2.45) is 10.8 Å². The summed E-state index contributed by atoms with van der Waals surface area (Å²) in [6.07, 6.45) is 1.75. The summed E-state index contributed by atoms with van der Waals surface area (Å²) in [6.45, 7) is 0. The first-order valence-electron chi connectivity index (χ1n) is 6.47. The number of rotatable bonds is 7. The highest BCUT2D eigenvalue weighted by atomic mass is 32.2. The van der Waals surface area contributed by atoms with Crippen molar-refractivity contribution in [2.45, 2.75) is 19.3 Å². The zero-order chi connectivity index (χ0) is 15.5. The second kappa shape index (κ2) is 9.82. The number of aryl methyl sites for hydroxylation is 1. The maximum absolute atomic E-state index is 11.1. The van der Waals surface area contributed by atoms with Crippen LogP contribution >= 0.6 is 11.8 Å². The van der Waals surface area contributed by atoms with E-state index in [1.54, 1.807) is 0 Å². The molecule has 21 heavy (non-hydrogen) atoms. The molecule has 1 aromatic rings. The topological polar surface area (TPSA) is 93.8 Å². The number of nitrogens with one attached hydrogen (secondary N) is 1. The third kappa shape index (κ3) is 7.98. The molecule has 2 amide bonds. The van der Waals surface area contributed by atoms with Crippen LogP contribution in [-0.2, 0) is 16.0 Å². The van der Waals surface area contributed by atoms with Gasteiger partial charge in [0.2, 0.25) is 0 Å². The van der Waals surface area contributed by atoms with E-state index in [9.17, 15) is 9.59 Å². The molecule has 0 heterocycles. The fourth-order valence-corrected chi connectivity index (χ4v) is 2.39. The predicted molar refractivity (Wildman–Crippen MR) is 84.0 cm³/mol. The Bertz CT molecular complexity index is 491. The van der Waals surface area contributed by atoms with Crippen molar-refractivity contribution in [2.75, 3.05) is 12.9 Å². The van der Waals surface area contributed by atoms with Gasteiger partial charge in [-0.05, 0) is 12.0 Å². The minimum absolute atomic E-state index is 0.271. The fraction of sp³-hybridized carbons (Fsp3) is 0.357. The van der Waals surface area contributed by atoms with Crippen LogP contribution < -0.4 is 11.2 Å². The lowest BCUT2D eigenvalue weighted by atomic mass is 10.1. The van der Waals surface area contributed by atoms with E-state index in [0.717, 1.165) is 11.5 Å². The van der Waals surface area contributed by atoms with E-state index < -0.39 is 6.03 Å². The summed E-state index contributed by atoms with van der Waals surface area (Å²) in [6, 6.07) is 9.24. The van der Waals surface area contributed by atoms with E-state index in [0.29, 0.717) is 18.6 Å². The number of hydrogen-bond acceptors (Lipinski definition) is 5. The Morgan fingerprint density at radius 2 is 2.00 bits per heavy atom. The zero-order valence-electron chi connectivity index (χ0n) is 11.9. The summed E-state index contributed by atoms with van der Waals surface area (Å²) in [5.41, 5.74) is 8.41. The van der Waals surface area contributed by atoms with Gasteiger partial charge in [-0.25, -0.2) is 10.2 Å². The molecular weight excluding hydrogens is 290 g/mol. The summed E-state index contributed by atoms with van der Waals surface area (Å²) in [7, 11) is 1.35. The lowest BCUT2D eigenvalue weighted by Gasteiger charge is -2.06. The number of amides is 2. The zero-order valence-corrected chi connectivity index (χ0v) is 12.7. The lowest BCUT2D eigenvalue weighted by Crippen LogP contribution is -2.25. The van der Waals surface area contributed by atoms with Gasteiger partial charge in [0, 0.05) is 12.2 Å². The molecule has 0 aliphatic rings. The third-order valence-corrected chi connectivity index (χ3v) is 3.60. The van der Waals surface area contributed by atoms with Gasteiger partial charge in [0.25, 0.3) is 0 Å². The minimum Gasteiger partial charge on any atom is -0.469 e. The van der Waals surface area contributed by atoms with Gasteiger partial charge in [0.15, 0.2) is 0 Å². The predicted octanol–water partition coefficient (Wildman–Crippen LogP) is 1.90. The standard InChI is InChI=1S/C14H19N3O3S/c1-20-13(18)9-10-21-12(16-17-14(15)19)8-7-11-5-3-2-4-6-11/h2-6H,7-10H2,1H3,(H3,15,17,19)/b16-12+. The van der Waals surface area contributed by atoms with Crippen LogP contribution in [0.4, 0.5) is 4.79 Å². The Morgan fingerprint density at radius 1 is 1.29 bits per heavy atom. The number of methoxy groups -OCH3 is 1. The molecule has 0 aromatic heterocycles. The second-order valence-electron chi connectivity index (χ2n) is 4.14. The van der Waals surface area contributed by atoms with Gasteiger partial charge in [-0.3, -0.25) is 4.79 Å². The molecule has 1 aromatic carbocycles. The van der Waals surface area contributed by atoms with Gasteiger partial charge < -0.3 is 10.5 Å². The molecule has 0 fully saturated rings. The molecule has 0 unspecified atom stereocenters. The lowest BCUT2D eigenvalue weighted by molar-refractivity contribution is -0.140. The molecule has 7 heteroatoms. The summed E-state index contributed by atoms with van der Waals surface area (Å²) < 4.78 is 4.58. The number of benzene rings is 1. The van der Waals surface area contributed by atoms with Gasteiger partial charge in [0.1, 0.15) is 0 Å². The Kier molecular flexibility index (Phi) is 7.96. The highest BCUT2D eigenvalue weighted by Gasteiger charge is 2.06. The Morgan fingerprint density at radius 3 is 2.62 bits per heavy atom. The number of hydrazone groups is 1. The van der Waals surface area contributed by atoms with E-state index in [4.69, 9.17) is 5.73 Å². The monoisotopic (exact) mass is 309 g/mol. The first kappa shape index (κ1) is 17.0. The van der Waals surface area contributed by atoms with Crippen molar-refractivity contribution in [3.05, 3.63) is 35.9 Å². The van der Waals surface area contributed by atoms with Crippen LogP contribution in [0.3, 0.4) is 0 Å². The molecule has 0 aliphatic carbocycles. The first-order chi connectivity index (χ1) is 10.1. The number of ether oxygens (including phenoxy) is 1. The van der Waals surface area contributed by atoms with Crippen LogP contribution in [0.2, 0.25) is 0 Å². The first-order valence-corrected chi connectivity index (χ1v) is 7.46. The summed E-state index contributed by atoms with van der Waals surface area (Å²) >= 11 is 1.41. The summed E-state index contributed by atoms with van der Waals surface area (Å²) in [5.74, 6) is 0.272. The van der Waals surface area contributed by atoms with Gasteiger partial charge in [-0.2, -0.15) is 5.10 Å². The van der Waals surface area contributed by atoms with Crippen molar-refractivity contribution >= 4 is 28.8 Å². The number of carbonyl (C=O) groups is 2. The summed E-state index contributed by atoms with van der Waals surface area (Å²) in [5, 5.41) is 4.69. The molecule has 0 saturated carbocycles. The minimum atomic E-state index is -0.708. The molecule has 0 spiro atoms. The number of carbonyl (C=O) groups excluding carboxylic acids is 2. The average molecular weight is 309 g/mol. The molecule has 0 saturated heterocycles. The Hall–Kier alpha value is -2.02. The largest absolute Gasteiger partial charge is 0.469 e. The molecule has 6 nitrogen and oxygen atoms in total. The quantitative estimate of drug-likeness (QED) is 0.348. The molecule has 3 N–H and O–H groups in total. The normalized spacial score (nSPS) is 11.0. The molecule has 0 atom stereocenters. The molecule has 114 valence electrons. The second-order valence-corrected chi connectivity index (χ2v) is 5.31. The number of urea groups is 1. The number of nitrogens with zero attached hydrogens (tertiary/aromatic N) is 1. The maximum Gasteiger partial charge on any atom is 0.332 e. The van der Waals surface area contributed by atoms with Gasteiger partial charge in [-0.15, -0.1) is 11.8 Å². The number of thioether (sulfide) groups is 1. The average Bonchev–Trinajstić information content (AvgIpc) is 2.50. The van der Waals surface area contributed by atoms with E-state index >= 15 is 0 Å². The molecule has 0 radical (unpaired) electrons. The van der Waals surface area contributed by atoms with Crippen LogP contribution in [0.25, 0.3) is 0 Å². The van der Waals surface area contributed by atoms with Crippen molar-refractivity contribution in [1.29, 1.82) is 0 Å². The molecule has 0 aliphatic heterocycles. The summed E-state index contributed by atoms with van der Waals surface area (Å²) in [4.78, 5) is 21.8. The van der Waals surface area contributed by atoms with Crippen LogP contribution in [-0.4, -0.2) is 29.9 Å². The highest BCUT2D eigenvalue weighted by molar-refractivity contribution is 8.13.